The van der Waals surface area contributed by atoms with Crippen LogP contribution in [-0.4, -0.2) is 29.5 Å². The lowest BCUT2D eigenvalue weighted by molar-refractivity contribution is 0.204. The van der Waals surface area contributed by atoms with Crippen molar-refractivity contribution >= 4 is 31.6 Å². The predicted octanol–water partition coefficient (Wildman–Crippen LogP) is 2.56. The van der Waals surface area contributed by atoms with E-state index in [1.54, 1.807) is 24.5 Å². The van der Waals surface area contributed by atoms with Gasteiger partial charge in [0.25, 0.3) is 0 Å². The summed E-state index contributed by atoms with van der Waals surface area (Å²) in [7, 11) is -3.99. The molecule has 0 aliphatic carbocycles. The van der Waals surface area contributed by atoms with Crippen LogP contribution in [0.3, 0.4) is 0 Å². The first kappa shape index (κ1) is 19.6. The minimum absolute atomic E-state index is 0.0915. The molecule has 27 heavy (non-hydrogen) atoms. The number of aliphatic hydroxyl groups excluding tert-OH is 1. The van der Waals surface area contributed by atoms with E-state index in [2.05, 4.69) is 26.3 Å². The highest BCUT2D eigenvalue weighted by molar-refractivity contribution is 9.10. The molecule has 3 aromatic rings. The maximum Gasteiger partial charge on any atom is 0.240 e. The number of aryl methyl sites for hydroxylation is 1. The van der Waals surface area contributed by atoms with Crippen LogP contribution in [-0.2, 0) is 16.4 Å². The van der Waals surface area contributed by atoms with E-state index < -0.39 is 16.3 Å². The Hall–Kier alpha value is -2.20. The van der Waals surface area contributed by atoms with Crippen LogP contribution in [0.4, 0.5) is 5.69 Å². The number of hydrogen-bond acceptors (Lipinski definition) is 5. The van der Waals surface area contributed by atoms with Gasteiger partial charge in [-0.05, 0) is 52.2 Å². The fourth-order valence-electron chi connectivity index (χ4n) is 2.74. The summed E-state index contributed by atoms with van der Waals surface area (Å²) in [6.45, 7) is 1.97. The Kier molecular flexibility index (Phi) is 5.66. The van der Waals surface area contributed by atoms with Crippen molar-refractivity contribution in [1.82, 2.24) is 9.78 Å². The summed E-state index contributed by atoms with van der Waals surface area (Å²) in [5, 5.41) is 22.7. The van der Waals surface area contributed by atoms with E-state index in [1.807, 2.05) is 31.2 Å². The van der Waals surface area contributed by atoms with E-state index >= 15 is 0 Å². The van der Waals surface area contributed by atoms with Gasteiger partial charge in [0.05, 0.1) is 16.4 Å². The average molecular weight is 451 g/mol. The molecule has 0 fully saturated rings. The highest BCUT2D eigenvalue weighted by atomic mass is 79.9. The van der Waals surface area contributed by atoms with Crippen LogP contribution >= 0.6 is 15.9 Å². The maximum atomic E-state index is 12.0. The summed E-state index contributed by atoms with van der Waals surface area (Å²) >= 11 is 3.28. The molecule has 1 aromatic heterocycles. The van der Waals surface area contributed by atoms with Crippen LogP contribution in [0.2, 0.25) is 0 Å². The molecule has 3 rings (SSSR count). The third-order valence-corrected chi connectivity index (χ3v) is 5.42. The first-order valence-corrected chi connectivity index (χ1v) is 10.4. The Labute approximate surface area is 166 Å². The molecular weight excluding hydrogens is 432 g/mol. The maximum absolute atomic E-state index is 12.0. The number of aromatic nitrogens is 2. The summed E-state index contributed by atoms with van der Waals surface area (Å²) < 4.78 is 26.2. The topological polar surface area (TPSA) is 110 Å². The highest BCUT2D eigenvalue weighted by Crippen LogP contribution is 2.24. The molecule has 0 saturated heterocycles. The van der Waals surface area contributed by atoms with Gasteiger partial charge in [-0.25, -0.2) is 18.2 Å². The van der Waals surface area contributed by atoms with E-state index in [-0.39, 0.29) is 4.90 Å². The van der Waals surface area contributed by atoms with Gasteiger partial charge in [0, 0.05) is 18.3 Å². The minimum atomic E-state index is -3.99. The summed E-state index contributed by atoms with van der Waals surface area (Å²) in [6, 6.07) is 12.4. The van der Waals surface area contributed by atoms with Crippen molar-refractivity contribution in [1.29, 1.82) is 0 Å². The molecule has 9 heteroatoms. The van der Waals surface area contributed by atoms with E-state index in [9.17, 15) is 13.5 Å². The number of halogens is 1. The van der Waals surface area contributed by atoms with E-state index in [1.165, 1.54) is 10.7 Å². The summed E-state index contributed by atoms with van der Waals surface area (Å²) in [6.07, 6.45) is 2.67. The van der Waals surface area contributed by atoms with Crippen LogP contribution in [0, 0.1) is 6.92 Å². The Bertz CT molecular complexity index is 1070. The van der Waals surface area contributed by atoms with Gasteiger partial charge in [0.2, 0.25) is 10.0 Å². The molecule has 0 spiro atoms. The first-order chi connectivity index (χ1) is 12.7. The Morgan fingerprint density at radius 3 is 2.67 bits per heavy atom. The van der Waals surface area contributed by atoms with Gasteiger partial charge < -0.3 is 10.4 Å². The van der Waals surface area contributed by atoms with Crippen LogP contribution in [0.25, 0.3) is 5.69 Å². The number of hydrogen-bond donors (Lipinski definition) is 3. The molecule has 2 aromatic carbocycles. The standard InChI is InChI=1S/C18H19BrN4O3S/c1-12-4-2-3-5-13(12)8-18(24)22-15-6-7-16(17(9-15)27(20,25)26)23-11-14(19)10-21-23/h2-7,9-11,18,22,24H,8H2,1H3,(H2,20,25,26). The number of nitrogens with one attached hydrogen (secondary N) is 1. The lowest BCUT2D eigenvalue weighted by atomic mass is 10.1. The SMILES string of the molecule is Cc1ccccc1CC(O)Nc1ccc(-n2cc(Br)cn2)c(S(N)(=O)=O)c1. The number of aliphatic hydroxyl groups is 1. The molecule has 0 aliphatic rings. The number of nitrogens with zero attached hydrogens (tertiary/aromatic N) is 2. The molecular formula is C18H19BrN4O3S. The third kappa shape index (κ3) is 4.75. The van der Waals surface area contributed by atoms with Crippen molar-refractivity contribution in [2.75, 3.05) is 5.32 Å². The molecule has 0 amide bonds. The number of sulfonamides is 1. The minimum Gasteiger partial charge on any atom is -0.373 e. The number of anilines is 1. The van der Waals surface area contributed by atoms with E-state index in [0.717, 1.165) is 11.1 Å². The molecule has 7 nitrogen and oxygen atoms in total. The zero-order chi connectivity index (χ0) is 19.6. The zero-order valence-corrected chi connectivity index (χ0v) is 16.9. The largest absolute Gasteiger partial charge is 0.373 e. The van der Waals surface area contributed by atoms with Crippen molar-refractivity contribution in [3.63, 3.8) is 0 Å². The molecule has 4 N–H and O–H groups in total. The molecule has 0 saturated carbocycles. The summed E-state index contributed by atoms with van der Waals surface area (Å²) in [5.41, 5.74) is 2.84. The molecule has 1 heterocycles. The van der Waals surface area contributed by atoms with Crippen molar-refractivity contribution in [2.24, 2.45) is 5.14 Å². The number of rotatable bonds is 6. The van der Waals surface area contributed by atoms with Gasteiger partial charge in [-0.15, -0.1) is 0 Å². The van der Waals surface area contributed by atoms with Crippen molar-refractivity contribution in [3.05, 3.63) is 70.5 Å². The van der Waals surface area contributed by atoms with Gasteiger partial charge >= 0.3 is 0 Å². The van der Waals surface area contributed by atoms with E-state index in [4.69, 9.17) is 5.14 Å². The Balaban J connectivity index is 1.87. The molecule has 1 atom stereocenters. The lowest BCUT2D eigenvalue weighted by Crippen LogP contribution is -2.22. The molecule has 142 valence electrons. The van der Waals surface area contributed by atoms with Crippen molar-refractivity contribution < 1.29 is 13.5 Å². The Morgan fingerprint density at radius 1 is 1.30 bits per heavy atom. The number of primary sulfonamides is 1. The van der Waals surface area contributed by atoms with Crippen molar-refractivity contribution in [3.8, 4) is 5.69 Å². The quantitative estimate of drug-likeness (QED) is 0.499. The molecule has 0 bridgehead atoms. The number of nitrogens with two attached hydrogens (primary N) is 1. The third-order valence-electron chi connectivity index (χ3n) is 4.07. The van der Waals surface area contributed by atoms with Crippen molar-refractivity contribution in [2.45, 2.75) is 24.5 Å². The summed E-state index contributed by atoms with van der Waals surface area (Å²) in [4.78, 5) is -0.0915. The second kappa shape index (κ2) is 7.81. The number of benzene rings is 2. The smallest absolute Gasteiger partial charge is 0.240 e. The first-order valence-electron chi connectivity index (χ1n) is 8.10. The second-order valence-corrected chi connectivity index (χ2v) is 8.57. The van der Waals surface area contributed by atoms with Crippen LogP contribution in [0.1, 0.15) is 11.1 Å². The van der Waals surface area contributed by atoms with Crippen LogP contribution in [0.5, 0.6) is 0 Å². The van der Waals surface area contributed by atoms with Gasteiger partial charge in [0.1, 0.15) is 11.1 Å². The normalized spacial score (nSPS) is 12.7. The molecule has 1 unspecified atom stereocenters. The zero-order valence-electron chi connectivity index (χ0n) is 14.5. The Morgan fingerprint density at radius 2 is 2.04 bits per heavy atom. The van der Waals surface area contributed by atoms with Gasteiger partial charge in [-0.3, -0.25) is 0 Å². The second-order valence-electron chi connectivity index (χ2n) is 6.12. The van der Waals surface area contributed by atoms with E-state index in [0.29, 0.717) is 22.3 Å². The predicted molar refractivity (Wildman–Crippen MR) is 107 cm³/mol. The lowest BCUT2D eigenvalue weighted by Gasteiger charge is -2.17. The monoisotopic (exact) mass is 450 g/mol. The fourth-order valence-corrected chi connectivity index (χ4v) is 3.77. The highest BCUT2D eigenvalue weighted by Gasteiger charge is 2.18. The summed E-state index contributed by atoms with van der Waals surface area (Å²) in [5.74, 6) is 0. The molecule has 0 radical (unpaired) electrons. The molecule has 0 aliphatic heterocycles. The van der Waals surface area contributed by atoms with Gasteiger partial charge in [-0.1, -0.05) is 24.3 Å². The van der Waals surface area contributed by atoms with Crippen LogP contribution in [0.15, 0.2) is 64.2 Å². The van der Waals surface area contributed by atoms with Gasteiger partial charge in [-0.2, -0.15) is 5.10 Å². The fraction of sp³-hybridized carbons (Fsp3) is 0.167. The van der Waals surface area contributed by atoms with Crippen LogP contribution < -0.4 is 10.5 Å². The van der Waals surface area contributed by atoms with Gasteiger partial charge in [0.15, 0.2) is 0 Å². The average Bonchev–Trinajstić information content (AvgIpc) is 3.02.